The van der Waals surface area contributed by atoms with Crippen LogP contribution in [0.3, 0.4) is 0 Å². The zero-order valence-corrected chi connectivity index (χ0v) is 12.3. The molecule has 0 saturated heterocycles. The van der Waals surface area contributed by atoms with Gasteiger partial charge in [0.05, 0.1) is 0 Å². The van der Waals surface area contributed by atoms with Gasteiger partial charge in [-0.15, -0.1) is 0 Å². The first-order chi connectivity index (χ1) is 0. The first-order valence-electron chi connectivity index (χ1n) is 0. The zero-order valence-electron chi connectivity index (χ0n) is 1.50. The van der Waals surface area contributed by atoms with Crippen LogP contribution in [0.4, 0.5) is 0 Å². The molecule has 0 atom stereocenters. The van der Waals surface area contributed by atoms with Crippen LogP contribution in [0.25, 0.3) is 0 Å². The summed E-state index contributed by atoms with van der Waals surface area (Å²) < 4.78 is 0. The van der Waals surface area contributed by atoms with Gasteiger partial charge in [-0.25, -0.2) is 0 Å². The Morgan fingerprint density at radius 1 is 0.500 bits per heavy atom. The number of hydrogen-bond donors (Lipinski definition) is 0. The van der Waals surface area contributed by atoms with Gasteiger partial charge in [0.15, 0.2) is 0 Å². The average Bonchev–Trinajstić information content (AvgIpc) is 0. The molecule has 0 nitrogen and oxygen atoms in total. The third kappa shape index (κ3) is 8.94. The smallest absolute Gasteiger partial charge is 0 e. The van der Waals surface area contributed by atoms with E-state index in [1.165, 1.54) is 0 Å². The fourth-order valence-electron chi connectivity index (χ4n) is 0. The van der Waals surface area contributed by atoms with E-state index in [1.807, 2.05) is 0 Å². The van der Waals surface area contributed by atoms with Crippen LogP contribution in [-0.4, -0.2) is 17.6 Å². The SMILES string of the molecule is [GeH4].[Hf].[Hf].[Hf]. The van der Waals surface area contributed by atoms with Crippen molar-refractivity contribution in [2.24, 2.45) is 0 Å². The van der Waals surface area contributed by atoms with E-state index in [4.69, 9.17) is 0 Å². The molecule has 0 unspecified atom stereocenters. The molecule has 0 aliphatic carbocycles. The summed E-state index contributed by atoms with van der Waals surface area (Å²) in [4.78, 5) is 0. The molecule has 0 aliphatic heterocycles. The van der Waals surface area contributed by atoms with Gasteiger partial charge in [0.2, 0.25) is 0 Å². The molecule has 0 amide bonds. The topological polar surface area (TPSA) is 0 Å². The van der Waals surface area contributed by atoms with Gasteiger partial charge < -0.3 is 0 Å². The van der Waals surface area contributed by atoms with Crippen molar-refractivity contribution in [2.45, 2.75) is 0 Å². The Morgan fingerprint density at radius 2 is 0.500 bits per heavy atom. The van der Waals surface area contributed by atoms with E-state index < -0.39 is 0 Å². The summed E-state index contributed by atoms with van der Waals surface area (Å²) in [6.07, 6.45) is 0. The second-order valence-corrected chi connectivity index (χ2v) is 0. The second-order valence-electron chi connectivity index (χ2n) is 0. The fraction of sp³-hybridized carbons (Fsp3) is 0. The molecular formula is H4GeHf3. The van der Waals surface area contributed by atoms with Crippen molar-refractivity contribution in [2.75, 3.05) is 0 Å². The van der Waals surface area contributed by atoms with Gasteiger partial charge in [-0.2, -0.15) is 0 Å². The maximum Gasteiger partial charge on any atom is 0 e. The van der Waals surface area contributed by atoms with Crippen LogP contribution in [0.1, 0.15) is 0 Å². The monoisotopic (exact) mass is 618 g/mol. The molecule has 0 bridgehead atoms. The van der Waals surface area contributed by atoms with Crippen molar-refractivity contribution in [3.63, 3.8) is 0 Å². The molecule has 0 spiro atoms. The molecule has 20 valence electrons. The minimum absolute atomic E-state index is 0. The molecule has 0 saturated carbocycles. The Kier molecular flexibility index (Phi) is 112. The first-order valence-corrected chi connectivity index (χ1v) is 0. The van der Waals surface area contributed by atoms with Crippen molar-refractivity contribution >= 4 is 17.6 Å². The maximum atomic E-state index is 0. The largest absolute Gasteiger partial charge is 0 e. The molecule has 4 heavy (non-hydrogen) atoms. The predicted molar refractivity (Wildman–Crippen MR) is 11.3 cm³/mol. The number of hydrogen-bond acceptors (Lipinski definition) is 0. The van der Waals surface area contributed by atoms with Crippen LogP contribution in [0.2, 0.25) is 0 Å². The van der Waals surface area contributed by atoms with Crippen LogP contribution in [-0.2, 0) is 77.5 Å². The van der Waals surface area contributed by atoms with Crippen LogP contribution >= 0.6 is 0 Å². The van der Waals surface area contributed by atoms with E-state index >= 15 is 0 Å². The summed E-state index contributed by atoms with van der Waals surface area (Å²) in [5.41, 5.74) is 0. The van der Waals surface area contributed by atoms with Crippen LogP contribution in [0.15, 0.2) is 0 Å². The third-order valence-corrected chi connectivity index (χ3v) is 0. The van der Waals surface area contributed by atoms with Crippen molar-refractivity contribution in [1.29, 1.82) is 0 Å². The standard InChI is InChI=1S/GeH4.3Hf/h1H4;;;. The molecule has 0 aromatic heterocycles. The van der Waals surface area contributed by atoms with Crippen LogP contribution < -0.4 is 0 Å². The van der Waals surface area contributed by atoms with Gasteiger partial charge >= 0.3 is 17.6 Å². The van der Waals surface area contributed by atoms with E-state index in [0.29, 0.717) is 0 Å². The van der Waals surface area contributed by atoms with Crippen LogP contribution in [0.5, 0.6) is 0 Å². The van der Waals surface area contributed by atoms with E-state index in [1.54, 1.807) is 0 Å². The molecule has 0 N–H and O–H groups in total. The van der Waals surface area contributed by atoms with Gasteiger partial charge in [-0.3, -0.25) is 0 Å². The van der Waals surface area contributed by atoms with Gasteiger partial charge in [-0.05, 0) is 0 Å². The first kappa shape index (κ1) is 27.2. The molecule has 0 heterocycles. The molecular weight excluding hydrogens is 608 g/mol. The Balaban J connectivity index is 0. The van der Waals surface area contributed by atoms with Gasteiger partial charge in [0.1, 0.15) is 0 Å². The zero-order chi connectivity index (χ0) is 0. The van der Waals surface area contributed by atoms with Crippen molar-refractivity contribution in [1.82, 2.24) is 0 Å². The normalized spacial score (nSPS) is 0. The Morgan fingerprint density at radius 3 is 0.500 bits per heavy atom. The second kappa shape index (κ2) is 16.4. The number of rotatable bonds is 0. The summed E-state index contributed by atoms with van der Waals surface area (Å²) in [6.45, 7) is 0. The molecule has 4 heteroatoms. The summed E-state index contributed by atoms with van der Waals surface area (Å²) >= 11 is 0. The van der Waals surface area contributed by atoms with Crippen molar-refractivity contribution in [3.8, 4) is 0 Å². The van der Waals surface area contributed by atoms with E-state index in [-0.39, 0.29) is 95.1 Å². The Labute approximate surface area is 93.2 Å². The summed E-state index contributed by atoms with van der Waals surface area (Å²) in [6, 6.07) is 0. The minimum atomic E-state index is 0. The molecule has 0 radical (unpaired) electrons. The quantitative estimate of drug-likeness (QED) is 0.294. The van der Waals surface area contributed by atoms with E-state index in [9.17, 15) is 0 Å². The maximum absolute atomic E-state index is 0. The molecule has 0 aliphatic rings. The molecule has 0 aromatic rings. The molecule has 0 rings (SSSR count). The fourth-order valence-corrected chi connectivity index (χ4v) is 0. The van der Waals surface area contributed by atoms with E-state index in [2.05, 4.69) is 0 Å². The molecule has 0 fully saturated rings. The van der Waals surface area contributed by atoms with Crippen molar-refractivity contribution in [3.05, 3.63) is 0 Å². The van der Waals surface area contributed by atoms with Crippen molar-refractivity contribution < 1.29 is 77.5 Å². The predicted octanol–water partition coefficient (Wildman–Crippen LogP) is -1.46. The van der Waals surface area contributed by atoms with Gasteiger partial charge in [-0.1, -0.05) is 0 Å². The van der Waals surface area contributed by atoms with E-state index in [0.717, 1.165) is 0 Å². The summed E-state index contributed by atoms with van der Waals surface area (Å²) in [5.74, 6) is 0. The minimum Gasteiger partial charge on any atom is 0 e. The van der Waals surface area contributed by atoms with Gasteiger partial charge in [0.25, 0.3) is 0 Å². The van der Waals surface area contributed by atoms with Gasteiger partial charge in [0, 0.05) is 77.5 Å². The Hall–Kier alpha value is 3.15. The third-order valence-electron chi connectivity index (χ3n) is 0. The summed E-state index contributed by atoms with van der Waals surface area (Å²) in [7, 11) is 0. The molecule has 0 aromatic carbocycles. The van der Waals surface area contributed by atoms with Crippen LogP contribution in [0, 0.1) is 0 Å². The average molecular weight is 612 g/mol. The Bertz CT molecular complexity index is 3.25. The summed E-state index contributed by atoms with van der Waals surface area (Å²) in [5, 5.41) is 0.